The van der Waals surface area contributed by atoms with E-state index in [4.69, 9.17) is 10.5 Å². The quantitative estimate of drug-likeness (QED) is 0.867. The Hall–Kier alpha value is -1.34. The monoisotopic (exact) mass is 312 g/mol. The number of ether oxygens (including phenoxy) is 1. The van der Waals surface area contributed by atoms with Gasteiger partial charge in [0.2, 0.25) is 0 Å². The van der Waals surface area contributed by atoms with Gasteiger partial charge in [-0.1, -0.05) is 11.3 Å². The van der Waals surface area contributed by atoms with E-state index in [1.54, 1.807) is 12.0 Å². The SMILES string of the molecule is CCN(CCOC)C(=O)c1sc(N2CCCCC2)nc1N. The van der Waals surface area contributed by atoms with E-state index < -0.39 is 0 Å². The summed E-state index contributed by atoms with van der Waals surface area (Å²) in [5.74, 6) is 0.300. The van der Waals surface area contributed by atoms with Crippen LogP contribution in [0, 0.1) is 0 Å². The van der Waals surface area contributed by atoms with Crippen LogP contribution < -0.4 is 10.6 Å². The van der Waals surface area contributed by atoms with E-state index in [0.717, 1.165) is 18.2 Å². The summed E-state index contributed by atoms with van der Waals surface area (Å²) in [5, 5.41) is 0.873. The highest BCUT2D eigenvalue weighted by Crippen LogP contribution is 2.30. The molecule has 1 fully saturated rings. The van der Waals surface area contributed by atoms with Crippen molar-refractivity contribution in [3.05, 3.63) is 4.88 Å². The minimum atomic E-state index is -0.0483. The second-order valence-electron chi connectivity index (χ2n) is 5.14. The third-order valence-electron chi connectivity index (χ3n) is 3.70. The first-order chi connectivity index (χ1) is 10.2. The summed E-state index contributed by atoms with van der Waals surface area (Å²) in [6.07, 6.45) is 3.62. The summed E-state index contributed by atoms with van der Waals surface area (Å²) in [6.45, 7) is 5.69. The van der Waals surface area contributed by atoms with E-state index in [-0.39, 0.29) is 5.91 Å². The number of hydrogen-bond acceptors (Lipinski definition) is 6. The zero-order valence-electron chi connectivity index (χ0n) is 12.8. The van der Waals surface area contributed by atoms with Gasteiger partial charge >= 0.3 is 0 Å². The lowest BCUT2D eigenvalue weighted by molar-refractivity contribution is 0.0712. The average molecular weight is 312 g/mol. The highest BCUT2D eigenvalue weighted by molar-refractivity contribution is 7.18. The molecule has 21 heavy (non-hydrogen) atoms. The molecule has 0 bridgehead atoms. The standard InChI is InChI=1S/C14H24N4O2S/c1-3-17(9-10-20-2)13(19)11-12(15)16-14(21-11)18-7-5-4-6-8-18/h3-10,15H2,1-2H3. The Morgan fingerprint density at radius 2 is 2.14 bits per heavy atom. The van der Waals surface area contributed by atoms with E-state index in [2.05, 4.69) is 9.88 Å². The van der Waals surface area contributed by atoms with E-state index in [1.165, 1.54) is 30.6 Å². The van der Waals surface area contributed by atoms with E-state index in [9.17, 15) is 4.79 Å². The van der Waals surface area contributed by atoms with Crippen LogP contribution in [0.1, 0.15) is 35.9 Å². The third-order valence-corrected chi connectivity index (χ3v) is 4.82. The van der Waals surface area contributed by atoms with Crippen molar-refractivity contribution in [1.82, 2.24) is 9.88 Å². The number of likely N-dealkylation sites (N-methyl/N-ethyl adjacent to an activating group) is 1. The molecule has 0 aromatic carbocycles. The van der Waals surface area contributed by atoms with Crippen LogP contribution in [-0.2, 0) is 4.74 Å². The summed E-state index contributed by atoms with van der Waals surface area (Å²) in [7, 11) is 1.63. The fourth-order valence-corrected chi connectivity index (χ4v) is 3.45. The van der Waals surface area contributed by atoms with Crippen molar-refractivity contribution in [2.75, 3.05) is 50.5 Å². The van der Waals surface area contributed by atoms with Crippen LogP contribution in [0.25, 0.3) is 0 Å². The maximum absolute atomic E-state index is 12.5. The normalized spacial score (nSPS) is 15.2. The first-order valence-corrected chi connectivity index (χ1v) is 8.28. The molecular weight excluding hydrogens is 288 g/mol. The van der Waals surface area contributed by atoms with Crippen molar-refractivity contribution in [2.24, 2.45) is 0 Å². The Bertz CT molecular complexity index is 472. The molecule has 2 N–H and O–H groups in total. The van der Waals surface area contributed by atoms with Gasteiger partial charge in [0.25, 0.3) is 5.91 Å². The molecule has 118 valence electrons. The molecule has 0 spiro atoms. The maximum atomic E-state index is 12.5. The number of aromatic nitrogens is 1. The van der Waals surface area contributed by atoms with E-state index in [1.807, 2.05) is 6.92 Å². The molecule has 2 heterocycles. The van der Waals surface area contributed by atoms with E-state index in [0.29, 0.717) is 30.4 Å². The molecule has 0 saturated carbocycles. The Kier molecular flexibility index (Phi) is 5.81. The lowest BCUT2D eigenvalue weighted by Crippen LogP contribution is -2.33. The number of rotatable bonds is 6. The molecule has 0 aliphatic carbocycles. The number of piperidine rings is 1. The zero-order chi connectivity index (χ0) is 15.2. The molecule has 1 amide bonds. The summed E-state index contributed by atoms with van der Waals surface area (Å²) < 4.78 is 5.05. The van der Waals surface area contributed by atoms with Crippen molar-refractivity contribution in [1.29, 1.82) is 0 Å². The summed E-state index contributed by atoms with van der Waals surface area (Å²) in [5.41, 5.74) is 5.96. The first kappa shape index (κ1) is 16.0. The molecule has 1 aliphatic heterocycles. The Balaban J connectivity index is 2.11. The van der Waals surface area contributed by atoms with Gasteiger partial charge < -0.3 is 20.3 Å². The van der Waals surface area contributed by atoms with Gasteiger partial charge in [-0.15, -0.1) is 0 Å². The number of methoxy groups -OCH3 is 1. The van der Waals surface area contributed by atoms with E-state index >= 15 is 0 Å². The second-order valence-corrected chi connectivity index (χ2v) is 6.11. The van der Waals surface area contributed by atoms with Crippen LogP contribution in [0.3, 0.4) is 0 Å². The fraction of sp³-hybridized carbons (Fsp3) is 0.714. The molecule has 0 radical (unpaired) electrons. The summed E-state index contributed by atoms with van der Waals surface area (Å²) >= 11 is 1.41. The Labute approximate surface area is 129 Å². The smallest absolute Gasteiger partial charge is 0.267 e. The van der Waals surface area contributed by atoms with Gasteiger partial charge in [-0.25, -0.2) is 4.98 Å². The Morgan fingerprint density at radius 3 is 2.76 bits per heavy atom. The number of hydrogen-bond donors (Lipinski definition) is 1. The molecular formula is C14H24N4O2S. The average Bonchev–Trinajstić information content (AvgIpc) is 2.90. The number of amides is 1. The topological polar surface area (TPSA) is 71.7 Å². The Morgan fingerprint density at radius 1 is 1.43 bits per heavy atom. The number of nitrogen functional groups attached to an aromatic ring is 1. The number of carbonyl (C=O) groups is 1. The number of nitrogens with two attached hydrogens (primary N) is 1. The van der Waals surface area contributed by atoms with Crippen LogP contribution in [0.2, 0.25) is 0 Å². The lowest BCUT2D eigenvalue weighted by atomic mass is 10.1. The molecule has 0 unspecified atom stereocenters. The number of anilines is 2. The van der Waals surface area contributed by atoms with Gasteiger partial charge in [-0.2, -0.15) is 0 Å². The molecule has 1 aromatic heterocycles. The highest BCUT2D eigenvalue weighted by Gasteiger charge is 2.23. The van der Waals surface area contributed by atoms with Crippen LogP contribution in [0.5, 0.6) is 0 Å². The molecule has 1 aliphatic rings. The predicted octanol–water partition coefficient (Wildman–Crippen LogP) is 1.82. The predicted molar refractivity (Wildman–Crippen MR) is 86.0 cm³/mol. The van der Waals surface area contributed by atoms with Crippen LogP contribution in [0.4, 0.5) is 10.9 Å². The van der Waals surface area contributed by atoms with Crippen LogP contribution >= 0.6 is 11.3 Å². The maximum Gasteiger partial charge on any atom is 0.267 e. The molecule has 2 rings (SSSR count). The zero-order valence-corrected chi connectivity index (χ0v) is 13.6. The van der Waals surface area contributed by atoms with Gasteiger partial charge in [0.15, 0.2) is 5.13 Å². The van der Waals surface area contributed by atoms with Crippen molar-refractivity contribution in [3.63, 3.8) is 0 Å². The lowest BCUT2D eigenvalue weighted by Gasteiger charge is -2.25. The highest BCUT2D eigenvalue weighted by atomic mass is 32.1. The summed E-state index contributed by atoms with van der Waals surface area (Å²) in [6, 6.07) is 0. The van der Waals surface area contributed by atoms with Gasteiger partial charge in [0, 0.05) is 33.3 Å². The molecule has 1 saturated heterocycles. The van der Waals surface area contributed by atoms with Gasteiger partial charge in [0.05, 0.1) is 6.61 Å². The number of nitrogens with zero attached hydrogens (tertiary/aromatic N) is 3. The van der Waals surface area contributed by atoms with Crippen LogP contribution in [-0.4, -0.2) is 55.7 Å². The minimum Gasteiger partial charge on any atom is -0.383 e. The third kappa shape index (κ3) is 3.85. The van der Waals surface area contributed by atoms with Crippen molar-refractivity contribution < 1.29 is 9.53 Å². The molecule has 0 atom stereocenters. The molecule has 7 heteroatoms. The van der Waals surface area contributed by atoms with Crippen LogP contribution in [0.15, 0.2) is 0 Å². The molecule has 6 nitrogen and oxygen atoms in total. The van der Waals surface area contributed by atoms with Crippen molar-refractivity contribution >= 4 is 28.2 Å². The number of thiazole rings is 1. The van der Waals surface area contributed by atoms with Gasteiger partial charge in [0.1, 0.15) is 10.7 Å². The molecule has 1 aromatic rings. The minimum absolute atomic E-state index is 0.0483. The number of carbonyl (C=O) groups excluding carboxylic acids is 1. The largest absolute Gasteiger partial charge is 0.383 e. The first-order valence-electron chi connectivity index (χ1n) is 7.46. The summed E-state index contributed by atoms with van der Waals surface area (Å²) in [4.78, 5) is 21.5. The van der Waals surface area contributed by atoms with Crippen molar-refractivity contribution in [2.45, 2.75) is 26.2 Å². The second kappa shape index (κ2) is 7.61. The van der Waals surface area contributed by atoms with Crippen molar-refractivity contribution in [3.8, 4) is 0 Å². The van der Waals surface area contributed by atoms with Gasteiger partial charge in [-0.05, 0) is 26.2 Å². The van der Waals surface area contributed by atoms with Gasteiger partial charge in [-0.3, -0.25) is 4.79 Å². The fourth-order valence-electron chi connectivity index (χ4n) is 2.44.